The number of methoxy groups -OCH3 is 1. The van der Waals surface area contributed by atoms with E-state index in [0.29, 0.717) is 27.4 Å². The van der Waals surface area contributed by atoms with Crippen LogP contribution in [0.25, 0.3) is 10.8 Å². The molecule has 24 heavy (non-hydrogen) atoms. The van der Waals surface area contributed by atoms with Gasteiger partial charge in [0.1, 0.15) is 5.75 Å². The largest absolute Gasteiger partial charge is 0.496 e. The Balaban J connectivity index is 2.14. The molecule has 0 aromatic heterocycles. The Hall–Kier alpha value is -2.24. The van der Waals surface area contributed by atoms with Crippen LogP contribution in [0.5, 0.6) is 5.75 Å². The fraction of sp³-hybridized carbons (Fsp3) is 0.111. The van der Waals surface area contributed by atoms with Crippen molar-refractivity contribution in [1.29, 1.82) is 0 Å². The number of benzene rings is 3. The quantitative estimate of drug-likeness (QED) is 0.738. The van der Waals surface area contributed by atoms with Crippen molar-refractivity contribution in [2.24, 2.45) is 0 Å². The summed E-state index contributed by atoms with van der Waals surface area (Å²) in [5, 5.41) is 1.85. The number of ether oxygens (including phenoxy) is 1. The molecule has 0 amide bonds. The van der Waals surface area contributed by atoms with Crippen molar-refractivity contribution >= 4 is 38.1 Å². The molecule has 0 bridgehead atoms. The van der Waals surface area contributed by atoms with Crippen molar-refractivity contribution in [3.8, 4) is 5.75 Å². The summed E-state index contributed by atoms with van der Waals surface area (Å²) >= 11 is 6.07. The van der Waals surface area contributed by atoms with Crippen molar-refractivity contribution in [2.45, 2.75) is 11.8 Å². The second kappa shape index (κ2) is 6.34. The molecule has 0 radical (unpaired) electrons. The van der Waals surface area contributed by atoms with Gasteiger partial charge in [0.05, 0.1) is 17.7 Å². The van der Waals surface area contributed by atoms with Gasteiger partial charge < -0.3 is 4.74 Å². The van der Waals surface area contributed by atoms with Crippen LogP contribution in [0.2, 0.25) is 5.02 Å². The number of sulfonamides is 1. The Morgan fingerprint density at radius 1 is 0.958 bits per heavy atom. The topological polar surface area (TPSA) is 55.4 Å². The van der Waals surface area contributed by atoms with Gasteiger partial charge >= 0.3 is 0 Å². The van der Waals surface area contributed by atoms with Crippen LogP contribution in [0.4, 0.5) is 5.69 Å². The highest BCUT2D eigenvalue weighted by atomic mass is 35.5. The van der Waals surface area contributed by atoms with Crippen LogP contribution in [0.3, 0.4) is 0 Å². The first-order valence-electron chi connectivity index (χ1n) is 7.27. The molecule has 0 unspecified atom stereocenters. The number of fused-ring (bicyclic) bond motifs is 1. The minimum atomic E-state index is -3.77. The van der Waals surface area contributed by atoms with Crippen LogP contribution >= 0.6 is 11.6 Å². The second-order valence-corrected chi connectivity index (χ2v) is 7.39. The van der Waals surface area contributed by atoms with Crippen molar-refractivity contribution in [1.82, 2.24) is 0 Å². The summed E-state index contributed by atoms with van der Waals surface area (Å²) < 4.78 is 33.7. The number of nitrogens with one attached hydrogen (secondary N) is 1. The van der Waals surface area contributed by atoms with E-state index in [1.165, 1.54) is 0 Å². The van der Waals surface area contributed by atoms with Crippen molar-refractivity contribution in [2.75, 3.05) is 11.8 Å². The van der Waals surface area contributed by atoms with Crippen LogP contribution in [0.1, 0.15) is 5.56 Å². The predicted octanol–water partition coefficient (Wildman–Crippen LogP) is 4.61. The van der Waals surface area contributed by atoms with Crippen molar-refractivity contribution in [3.63, 3.8) is 0 Å². The standard InChI is InChI=1S/C18H16ClNO3S/c1-12-15(19)8-5-9-16(12)20-24(21,22)18-11-10-17(23-2)13-6-3-4-7-14(13)18/h3-11,20H,1-2H3. The Morgan fingerprint density at radius 2 is 1.67 bits per heavy atom. The fourth-order valence-electron chi connectivity index (χ4n) is 2.57. The molecular weight excluding hydrogens is 346 g/mol. The molecular formula is C18H16ClNO3S. The van der Waals surface area contributed by atoms with E-state index in [1.54, 1.807) is 56.5 Å². The number of halogens is 1. The number of hydrogen-bond donors (Lipinski definition) is 1. The maximum Gasteiger partial charge on any atom is 0.262 e. The van der Waals surface area contributed by atoms with Gasteiger partial charge in [-0.15, -0.1) is 0 Å². The molecule has 124 valence electrons. The lowest BCUT2D eigenvalue weighted by molar-refractivity contribution is 0.419. The summed E-state index contributed by atoms with van der Waals surface area (Å²) in [6.45, 7) is 1.77. The minimum absolute atomic E-state index is 0.193. The summed E-state index contributed by atoms with van der Waals surface area (Å²) in [5.74, 6) is 0.628. The molecule has 0 saturated carbocycles. The molecule has 0 aliphatic heterocycles. The third-order valence-corrected chi connectivity index (χ3v) is 5.70. The van der Waals surface area contributed by atoms with Gasteiger partial charge in [0.25, 0.3) is 10.0 Å². The molecule has 6 heteroatoms. The monoisotopic (exact) mass is 361 g/mol. The van der Waals surface area contributed by atoms with Crippen LogP contribution in [0, 0.1) is 6.92 Å². The lowest BCUT2D eigenvalue weighted by Crippen LogP contribution is -2.14. The smallest absolute Gasteiger partial charge is 0.262 e. The van der Waals surface area contributed by atoms with Crippen molar-refractivity contribution < 1.29 is 13.2 Å². The molecule has 3 aromatic rings. The van der Waals surface area contributed by atoms with Crippen LogP contribution < -0.4 is 9.46 Å². The van der Waals surface area contributed by atoms with Gasteiger partial charge in [0.15, 0.2) is 0 Å². The number of anilines is 1. The van der Waals surface area contributed by atoms with Gasteiger partial charge in [0, 0.05) is 15.8 Å². The zero-order chi connectivity index (χ0) is 17.3. The van der Waals surface area contributed by atoms with E-state index in [-0.39, 0.29) is 4.90 Å². The minimum Gasteiger partial charge on any atom is -0.496 e. The fourth-order valence-corrected chi connectivity index (χ4v) is 4.08. The molecule has 4 nitrogen and oxygen atoms in total. The number of hydrogen-bond acceptors (Lipinski definition) is 3. The summed E-state index contributed by atoms with van der Waals surface area (Å²) in [4.78, 5) is 0.193. The second-order valence-electron chi connectivity index (χ2n) is 5.33. The van der Waals surface area contributed by atoms with Crippen LogP contribution in [-0.4, -0.2) is 15.5 Å². The van der Waals surface area contributed by atoms with E-state index >= 15 is 0 Å². The first-order valence-corrected chi connectivity index (χ1v) is 9.14. The average Bonchev–Trinajstić information content (AvgIpc) is 2.57. The molecule has 0 aliphatic rings. The first-order chi connectivity index (χ1) is 11.4. The van der Waals surface area contributed by atoms with Gasteiger partial charge in [-0.3, -0.25) is 4.72 Å². The normalized spacial score (nSPS) is 11.5. The molecule has 0 heterocycles. The van der Waals surface area contributed by atoms with E-state index in [9.17, 15) is 8.42 Å². The van der Waals surface area contributed by atoms with E-state index in [0.717, 1.165) is 5.39 Å². The van der Waals surface area contributed by atoms with Crippen LogP contribution in [0.15, 0.2) is 59.5 Å². The Bertz CT molecular complexity index is 1020. The van der Waals surface area contributed by atoms with Gasteiger partial charge in [-0.25, -0.2) is 8.42 Å². The molecule has 0 atom stereocenters. The van der Waals surface area contributed by atoms with E-state index in [1.807, 2.05) is 12.1 Å². The van der Waals surface area contributed by atoms with E-state index in [2.05, 4.69) is 4.72 Å². The lowest BCUT2D eigenvalue weighted by Gasteiger charge is -2.14. The summed E-state index contributed by atoms with van der Waals surface area (Å²) in [6, 6.07) is 15.5. The Morgan fingerprint density at radius 3 is 2.38 bits per heavy atom. The Labute approximate surface area is 146 Å². The number of rotatable bonds is 4. The zero-order valence-electron chi connectivity index (χ0n) is 13.2. The first kappa shape index (κ1) is 16.6. The third kappa shape index (κ3) is 2.92. The molecule has 0 fully saturated rings. The molecule has 3 aromatic carbocycles. The highest BCUT2D eigenvalue weighted by Gasteiger charge is 2.20. The molecule has 0 spiro atoms. The molecule has 0 saturated heterocycles. The summed E-state index contributed by atoms with van der Waals surface area (Å²) in [5.41, 5.74) is 1.14. The molecule has 1 N–H and O–H groups in total. The summed E-state index contributed by atoms with van der Waals surface area (Å²) in [6.07, 6.45) is 0. The molecule has 3 rings (SSSR count). The van der Waals surface area contributed by atoms with Gasteiger partial charge in [-0.1, -0.05) is 41.9 Å². The van der Waals surface area contributed by atoms with Gasteiger partial charge in [-0.2, -0.15) is 0 Å². The van der Waals surface area contributed by atoms with E-state index < -0.39 is 10.0 Å². The zero-order valence-corrected chi connectivity index (χ0v) is 14.8. The SMILES string of the molecule is COc1ccc(S(=O)(=O)Nc2cccc(Cl)c2C)c2ccccc12. The van der Waals surface area contributed by atoms with E-state index in [4.69, 9.17) is 16.3 Å². The van der Waals surface area contributed by atoms with Gasteiger partial charge in [0.2, 0.25) is 0 Å². The van der Waals surface area contributed by atoms with Crippen LogP contribution in [-0.2, 0) is 10.0 Å². The summed E-state index contributed by atoms with van der Waals surface area (Å²) in [7, 11) is -2.21. The maximum atomic E-state index is 12.9. The Kier molecular flexibility index (Phi) is 4.39. The maximum absolute atomic E-state index is 12.9. The predicted molar refractivity (Wildman–Crippen MR) is 97.5 cm³/mol. The highest BCUT2D eigenvalue weighted by Crippen LogP contribution is 2.32. The van der Waals surface area contributed by atoms with Crippen molar-refractivity contribution in [3.05, 3.63) is 65.2 Å². The highest BCUT2D eigenvalue weighted by molar-refractivity contribution is 7.93. The van der Waals surface area contributed by atoms with Gasteiger partial charge in [-0.05, 0) is 36.8 Å². The molecule has 0 aliphatic carbocycles. The average molecular weight is 362 g/mol. The lowest BCUT2D eigenvalue weighted by atomic mass is 10.1. The third-order valence-electron chi connectivity index (χ3n) is 3.87.